The van der Waals surface area contributed by atoms with Crippen LogP contribution in [0.1, 0.15) is 27.1 Å². The van der Waals surface area contributed by atoms with E-state index in [1.54, 1.807) is 48.5 Å². The maximum absolute atomic E-state index is 12.3. The highest BCUT2D eigenvalue weighted by Gasteiger charge is 2.19. The fourth-order valence-corrected chi connectivity index (χ4v) is 2.09. The lowest BCUT2D eigenvalue weighted by Crippen LogP contribution is -2.10. The van der Waals surface area contributed by atoms with E-state index in [0.29, 0.717) is 22.6 Å². The molecule has 0 bridgehead atoms. The van der Waals surface area contributed by atoms with Crippen molar-refractivity contribution in [3.05, 3.63) is 59.7 Å². The first-order chi connectivity index (χ1) is 10.2. The largest absolute Gasteiger partial charge is 0.496 e. The van der Waals surface area contributed by atoms with E-state index in [0.717, 1.165) is 0 Å². The average Bonchev–Trinajstić information content (AvgIpc) is 2.54. The number of hydrogen-bond acceptors (Lipinski definition) is 4. The molecule has 0 saturated heterocycles. The topological polar surface area (TPSA) is 52.6 Å². The van der Waals surface area contributed by atoms with Crippen molar-refractivity contribution in [1.82, 2.24) is 0 Å². The third kappa shape index (κ3) is 3.28. The van der Waals surface area contributed by atoms with Gasteiger partial charge in [0, 0.05) is 0 Å². The SMILES string of the molecule is COc1ccccc1C(=O)CC(=O)c1ccccc1OC. The van der Waals surface area contributed by atoms with Crippen molar-refractivity contribution in [3.63, 3.8) is 0 Å². The molecule has 0 N–H and O–H groups in total. The van der Waals surface area contributed by atoms with Crippen molar-refractivity contribution >= 4 is 11.6 Å². The summed E-state index contributed by atoms with van der Waals surface area (Å²) in [5.74, 6) is 0.386. The Bertz CT molecular complexity index is 604. The molecule has 0 aliphatic carbocycles. The average molecular weight is 284 g/mol. The molecular weight excluding hydrogens is 268 g/mol. The van der Waals surface area contributed by atoms with Crippen molar-refractivity contribution in [2.24, 2.45) is 0 Å². The fraction of sp³-hybridized carbons (Fsp3) is 0.176. The Morgan fingerprint density at radius 2 is 1.14 bits per heavy atom. The molecule has 0 amide bonds. The number of ketones is 2. The quantitative estimate of drug-likeness (QED) is 0.604. The van der Waals surface area contributed by atoms with Gasteiger partial charge in [0.25, 0.3) is 0 Å². The summed E-state index contributed by atoms with van der Waals surface area (Å²) < 4.78 is 10.3. The van der Waals surface area contributed by atoms with Crippen LogP contribution >= 0.6 is 0 Å². The highest BCUT2D eigenvalue weighted by molar-refractivity contribution is 6.15. The summed E-state index contributed by atoms with van der Waals surface area (Å²) in [6.45, 7) is 0. The van der Waals surface area contributed by atoms with Gasteiger partial charge in [0.1, 0.15) is 11.5 Å². The van der Waals surface area contributed by atoms with E-state index in [9.17, 15) is 9.59 Å². The van der Waals surface area contributed by atoms with Crippen molar-refractivity contribution in [1.29, 1.82) is 0 Å². The number of para-hydroxylation sites is 2. The van der Waals surface area contributed by atoms with Crippen LogP contribution in [0.3, 0.4) is 0 Å². The molecular formula is C17H16O4. The van der Waals surface area contributed by atoms with Crippen molar-refractivity contribution in [2.75, 3.05) is 14.2 Å². The van der Waals surface area contributed by atoms with Crippen molar-refractivity contribution < 1.29 is 19.1 Å². The molecule has 21 heavy (non-hydrogen) atoms. The summed E-state index contributed by atoms with van der Waals surface area (Å²) in [5.41, 5.74) is 0.812. The second kappa shape index (κ2) is 6.70. The second-order valence-corrected chi connectivity index (χ2v) is 4.42. The molecule has 0 aromatic heterocycles. The predicted octanol–water partition coefficient (Wildman–Crippen LogP) is 3.16. The predicted molar refractivity (Wildman–Crippen MR) is 79.3 cm³/mol. The standard InChI is InChI=1S/C17H16O4/c1-20-16-9-5-3-7-12(16)14(18)11-15(19)13-8-4-6-10-17(13)21-2/h3-10H,11H2,1-2H3. The number of methoxy groups -OCH3 is 2. The van der Waals surface area contributed by atoms with Gasteiger partial charge in [-0.2, -0.15) is 0 Å². The fourth-order valence-electron chi connectivity index (χ4n) is 2.09. The lowest BCUT2D eigenvalue weighted by atomic mass is 10.0. The number of Topliss-reactive ketones (excluding diaryl/α,β-unsaturated/α-hetero) is 2. The van der Waals surface area contributed by atoms with Gasteiger partial charge in [0.05, 0.1) is 31.8 Å². The monoisotopic (exact) mass is 284 g/mol. The molecule has 4 nitrogen and oxygen atoms in total. The molecule has 0 aliphatic rings. The van der Waals surface area contributed by atoms with E-state index < -0.39 is 0 Å². The number of hydrogen-bond donors (Lipinski definition) is 0. The number of benzene rings is 2. The van der Waals surface area contributed by atoms with Crippen LogP contribution in [0, 0.1) is 0 Å². The van der Waals surface area contributed by atoms with Crippen LogP contribution in [0.2, 0.25) is 0 Å². The first kappa shape index (κ1) is 14.8. The Labute approximate surface area is 123 Å². The summed E-state index contributed by atoms with van der Waals surface area (Å²) in [6.07, 6.45) is -0.221. The van der Waals surface area contributed by atoms with Gasteiger partial charge in [0.2, 0.25) is 0 Å². The van der Waals surface area contributed by atoms with Crippen molar-refractivity contribution in [2.45, 2.75) is 6.42 Å². The third-order valence-electron chi connectivity index (χ3n) is 3.14. The van der Waals surface area contributed by atoms with Gasteiger partial charge in [0.15, 0.2) is 11.6 Å². The number of carbonyl (C=O) groups excluding carboxylic acids is 2. The summed E-state index contributed by atoms with van der Waals surface area (Å²) in [5, 5.41) is 0. The highest BCUT2D eigenvalue weighted by atomic mass is 16.5. The normalized spacial score (nSPS) is 10.0. The molecule has 0 atom stereocenters. The van der Waals surface area contributed by atoms with E-state index in [2.05, 4.69) is 0 Å². The molecule has 0 saturated carbocycles. The van der Waals surface area contributed by atoms with Crippen LogP contribution in [0.15, 0.2) is 48.5 Å². The van der Waals surface area contributed by atoms with Crippen molar-refractivity contribution in [3.8, 4) is 11.5 Å². The van der Waals surface area contributed by atoms with Gasteiger partial charge < -0.3 is 9.47 Å². The molecule has 0 radical (unpaired) electrons. The Morgan fingerprint density at radius 1 is 0.762 bits per heavy atom. The first-order valence-corrected chi connectivity index (χ1v) is 6.49. The lowest BCUT2D eigenvalue weighted by Gasteiger charge is -2.08. The number of carbonyl (C=O) groups is 2. The zero-order valence-corrected chi connectivity index (χ0v) is 12.0. The van der Waals surface area contributed by atoms with Crippen LogP contribution in [0.25, 0.3) is 0 Å². The lowest BCUT2D eigenvalue weighted by molar-refractivity contribution is 0.0891. The van der Waals surface area contributed by atoms with E-state index in [-0.39, 0.29) is 18.0 Å². The molecule has 0 fully saturated rings. The highest BCUT2D eigenvalue weighted by Crippen LogP contribution is 2.23. The molecule has 2 aromatic rings. The molecule has 0 heterocycles. The van der Waals surface area contributed by atoms with Crippen LogP contribution in [0.5, 0.6) is 11.5 Å². The minimum Gasteiger partial charge on any atom is -0.496 e. The molecule has 4 heteroatoms. The second-order valence-electron chi connectivity index (χ2n) is 4.42. The minimum atomic E-state index is -0.275. The van der Waals surface area contributed by atoms with Gasteiger partial charge in [-0.3, -0.25) is 9.59 Å². The van der Waals surface area contributed by atoms with Crippen LogP contribution < -0.4 is 9.47 Å². The van der Waals surface area contributed by atoms with E-state index in [4.69, 9.17) is 9.47 Å². The molecule has 0 spiro atoms. The Kier molecular flexibility index (Phi) is 4.72. The van der Waals surface area contributed by atoms with Gasteiger partial charge in [-0.1, -0.05) is 24.3 Å². The zero-order valence-electron chi connectivity index (χ0n) is 12.0. The van der Waals surface area contributed by atoms with Crippen LogP contribution in [-0.4, -0.2) is 25.8 Å². The maximum Gasteiger partial charge on any atom is 0.174 e. The zero-order chi connectivity index (χ0) is 15.2. The summed E-state index contributed by atoms with van der Waals surface area (Å²) in [4.78, 5) is 24.5. The Morgan fingerprint density at radius 3 is 1.52 bits per heavy atom. The van der Waals surface area contributed by atoms with Crippen LogP contribution in [0.4, 0.5) is 0 Å². The van der Waals surface area contributed by atoms with Gasteiger partial charge in [-0.15, -0.1) is 0 Å². The van der Waals surface area contributed by atoms with Gasteiger partial charge in [-0.05, 0) is 24.3 Å². The maximum atomic E-state index is 12.3. The third-order valence-corrected chi connectivity index (χ3v) is 3.14. The summed E-state index contributed by atoms with van der Waals surface area (Å²) in [6, 6.07) is 13.7. The summed E-state index contributed by atoms with van der Waals surface area (Å²) >= 11 is 0. The molecule has 2 rings (SSSR count). The number of ether oxygens (including phenoxy) is 2. The molecule has 0 aliphatic heterocycles. The van der Waals surface area contributed by atoms with E-state index in [1.165, 1.54) is 14.2 Å². The van der Waals surface area contributed by atoms with Gasteiger partial charge >= 0.3 is 0 Å². The first-order valence-electron chi connectivity index (χ1n) is 6.49. The smallest absolute Gasteiger partial charge is 0.174 e. The molecule has 0 unspecified atom stereocenters. The minimum absolute atomic E-state index is 0.221. The van der Waals surface area contributed by atoms with Crippen LogP contribution in [-0.2, 0) is 0 Å². The Hall–Kier alpha value is -2.62. The van der Waals surface area contributed by atoms with Gasteiger partial charge in [-0.25, -0.2) is 0 Å². The molecule has 108 valence electrons. The number of rotatable bonds is 6. The Balaban J connectivity index is 2.21. The summed E-state index contributed by atoms with van der Waals surface area (Å²) in [7, 11) is 2.99. The van der Waals surface area contributed by atoms with E-state index in [1.807, 2.05) is 0 Å². The van der Waals surface area contributed by atoms with E-state index >= 15 is 0 Å². The molecule has 2 aromatic carbocycles.